The summed E-state index contributed by atoms with van der Waals surface area (Å²) >= 11 is 0. The highest BCUT2D eigenvalue weighted by Gasteiger charge is 2.28. The average molecular weight is 312 g/mol. The lowest BCUT2D eigenvalue weighted by Crippen LogP contribution is -2.48. The zero-order valence-corrected chi connectivity index (χ0v) is 12.9. The SMILES string of the molecule is O=C(N[C@H]1CCCN(c2cnccn2)C1)c1cc(C2CC2)[nH]n1. The van der Waals surface area contributed by atoms with E-state index in [9.17, 15) is 4.79 Å². The quantitative estimate of drug-likeness (QED) is 0.893. The molecule has 0 aromatic carbocycles. The summed E-state index contributed by atoms with van der Waals surface area (Å²) in [7, 11) is 0. The number of carbonyl (C=O) groups excluding carboxylic acids is 1. The second kappa shape index (κ2) is 5.98. The Morgan fingerprint density at radius 2 is 2.22 bits per heavy atom. The Labute approximate surface area is 134 Å². The molecule has 3 heterocycles. The Morgan fingerprint density at radius 3 is 3.00 bits per heavy atom. The summed E-state index contributed by atoms with van der Waals surface area (Å²) in [6.45, 7) is 1.70. The van der Waals surface area contributed by atoms with Crippen molar-refractivity contribution < 1.29 is 4.79 Å². The highest BCUT2D eigenvalue weighted by Crippen LogP contribution is 2.38. The number of carbonyl (C=O) groups is 1. The molecule has 1 saturated carbocycles. The molecule has 23 heavy (non-hydrogen) atoms. The molecule has 0 bridgehead atoms. The monoisotopic (exact) mass is 312 g/mol. The summed E-state index contributed by atoms with van der Waals surface area (Å²) in [5.41, 5.74) is 1.57. The number of hydrogen-bond acceptors (Lipinski definition) is 5. The lowest BCUT2D eigenvalue weighted by atomic mass is 10.1. The van der Waals surface area contributed by atoms with E-state index in [1.165, 1.54) is 12.8 Å². The highest BCUT2D eigenvalue weighted by molar-refractivity contribution is 5.92. The van der Waals surface area contributed by atoms with Crippen LogP contribution in [0.2, 0.25) is 0 Å². The molecule has 2 aromatic rings. The van der Waals surface area contributed by atoms with E-state index in [2.05, 4.69) is 30.4 Å². The normalized spacial score (nSPS) is 21.2. The number of piperidine rings is 1. The fraction of sp³-hybridized carbons (Fsp3) is 0.500. The molecule has 2 aromatic heterocycles. The summed E-state index contributed by atoms with van der Waals surface area (Å²) in [4.78, 5) is 23.0. The minimum absolute atomic E-state index is 0.0980. The van der Waals surface area contributed by atoms with Gasteiger partial charge in [-0.25, -0.2) is 4.98 Å². The van der Waals surface area contributed by atoms with Gasteiger partial charge in [0.1, 0.15) is 11.5 Å². The lowest BCUT2D eigenvalue weighted by molar-refractivity contribution is 0.0928. The van der Waals surface area contributed by atoms with E-state index in [1.54, 1.807) is 18.6 Å². The first-order valence-corrected chi connectivity index (χ1v) is 8.17. The largest absolute Gasteiger partial charge is 0.353 e. The Kier molecular flexibility index (Phi) is 3.69. The second-order valence-corrected chi connectivity index (χ2v) is 6.31. The van der Waals surface area contributed by atoms with Crippen LogP contribution in [0.5, 0.6) is 0 Å². The Balaban J connectivity index is 1.38. The highest BCUT2D eigenvalue weighted by atomic mass is 16.2. The standard InChI is InChI=1S/C16H20N6O/c23-16(14-8-13(20-21-14)11-3-4-11)19-12-2-1-7-22(10-12)15-9-17-5-6-18-15/h5-6,8-9,11-12H,1-4,7,10H2,(H,19,23)(H,20,21)/t12-/m0/s1. The van der Waals surface area contributed by atoms with E-state index in [-0.39, 0.29) is 11.9 Å². The number of H-pyrrole nitrogens is 1. The molecule has 1 saturated heterocycles. The van der Waals surface area contributed by atoms with Crippen molar-refractivity contribution in [2.24, 2.45) is 0 Å². The van der Waals surface area contributed by atoms with Crippen LogP contribution in [0, 0.1) is 0 Å². The van der Waals surface area contributed by atoms with Crippen LogP contribution in [0.3, 0.4) is 0 Å². The third-order valence-corrected chi connectivity index (χ3v) is 4.48. The van der Waals surface area contributed by atoms with Gasteiger partial charge in [-0.3, -0.25) is 14.9 Å². The van der Waals surface area contributed by atoms with Crippen LogP contribution in [-0.2, 0) is 0 Å². The van der Waals surface area contributed by atoms with Gasteiger partial charge in [-0.05, 0) is 31.7 Å². The third kappa shape index (κ3) is 3.18. The molecule has 7 heteroatoms. The predicted octanol–water partition coefficient (Wildman–Crippen LogP) is 1.48. The van der Waals surface area contributed by atoms with Crippen LogP contribution in [0.25, 0.3) is 0 Å². The molecule has 1 aliphatic carbocycles. The van der Waals surface area contributed by atoms with Crippen molar-refractivity contribution in [1.29, 1.82) is 0 Å². The molecule has 0 spiro atoms. The smallest absolute Gasteiger partial charge is 0.272 e. The number of rotatable bonds is 4. The summed E-state index contributed by atoms with van der Waals surface area (Å²) in [5, 5.41) is 10.2. The van der Waals surface area contributed by atoms with Gasteiger partial charge in [-0.15, -0.1) is 0 Å². The maximum absolute atomic E-state index is 12.4. The van der Waals surface area contributed by atoms with Crippen molar-refractivity contribution in [1.82, 2.24) is 25.5 Å². The van der Waals surface area contributed by atoms with Crippen molar-refractivity contribution >= 4 is 11.7 Å². The number of amides is 1. The zero-order valence-electron chi connectivity index (χ0n) is 12.9. The first-order chi connectivity index (χ1) is 11.3. The van der Waals surface area contributed by atoms with Crippen LogP contribution in [0.15, 0.2) is 24.7 Å². The van der Waals surface area contributed by atoms with Crippen molar-refractivity contribution in [2.45, 2.75) is 37.6 Å². The van der Waals surface area contributed by atoms with E-state index < -0.39 is 0 Å². The van der Waals surface area contributed by atoms with Crippen LogP contribution in [0.4, 0.5) is 5.82 Å². The topological polar surface area (TPSA) is 86.8 Å². The predicted molar refractivity (Wildman–Crippen MR) is 85.3 cm³/mol. The number of hydrogen-bond donors (Lipinski definition) is 2. The van der Waals surface area contributed by atoms with Crippen LogP contribution in [-0.4, -0.2) is 45.2 Å². The molecular weight excluding hydrogens is 292 g/mol. The lowest BCUT2D eigenvalue weighted by Gasteiger charge is -2.33. The van der Waals surface area contributed by atoms with E-state index in [0.29, 0.717) is 11.6 Å². The summed E-state index contributed by atoms with van der Waals surface area (Å²) < 4.78 is 0. The molecule has 2 fully saturated rings. The van der Waals surface area contributed by atoms with Gasteiger partial charge in [0.15, 0.2) is 0 Å². The molecular formula is C16H20N6O. The molecule has 2 aliphatic rings. The second-order valence-electron chi connectivity index (χ2n) is 6.31. The fourth-order valence-electron chi connectivity index (χ4n) is 3.07. The van der Waals surface area contributed by atoms with E-state index in [1.807, 2.05) is 6.07 Å². The molecule has 4 rings (SSSR count). The molecule has 0 radical (unpaired) electrons. The first-order valence-electron chi connectivity index (χ1n) is 8.17. The van der Waals surface area contributed by atoms with Gasteiger partial charge in [0.25, 0.3) is 5.91 Å². The number of anilines is 1. The Hall–Kier alpha value is -2.44. The number of aromatic amines is 1. The summed E-state index contributed by atoms with van der Waals surface area (Å²) in [5.74, 6) is 1.34. The van der Waals surface area contributed by atoms with Crippen molar-refractivity contribution in [2.75, 3.05) is 18.0 Å². The van der Waals surface area contributed by atoms with E-state index in [0.717, 1.165) is 37.4 Å². The molecule has 1 atom stereocenters. The zero-order chi connectivity index (χ0) is 15.6. The third-order valence-electron chi connectivity index (χ3n) is 4.48. The van der Waals surface area contributed by atoms with E-state index in [4.69, 9.17) is 0 Å². The molecule has 1 aliphatic heterocycles. The number of aromatic nitrogens is 4. The van der Waals surface area contributed by atoms with Gasteiger partial charge < -0.3 is 10.2 Å². The van der Waals surface area contributed by atoms with Crippen molar-refractivity contribution in [3.05, 3.63) is 36.0 Å². The fourth-order valence-corrected chi connectivity index (χ4v) is 3.07. The van der Waals surface area contributed by atoms with E-state index >= 15 is 0 Å². The van der Waals surface area contributed by atoms with Crippen LogP contribution in [0.1, 0.15) is 47.8 Å². The van der Waals surface area contributed by atoms with Gasteiger partial charge in [-0.2, -0.15) is 5.10 Å². The van der Waals surface area contributed by atoms with Crippen LogP contribution < -0.4 is 10.2 Å². The summed E-state index contributed by atoms with van der Waals surface area (Å²) in [6.07, 6.45) is 9.51. The van der Waals surface area contributed by atoms with Gasteiger partial charge >= 0.3 is 0 Å². The molecule has 7 nitrogen and oxygen atoms in total. The van der Waals surface area contributed by atoms with Gasteiger partial charge in [0, 0.05) is 43.1 Å². The maximum Gasteiger partial charge on any atom is 0.272 e. The minimum Gasteiger partial charge on any atom is -0.353 e. The van der Waals surface area contributed by atoms with Gasteiger partial charge in [0.05, 0.1) is 6.20 Å². The van der Waals surface area contributed by atoms with Gasteiger partial charge in [-0.1, -0.05) is 0 Å². The first kappa shape index (κ1) is 14.2. The summed E-state index contributed by atoms with van der Waals surface area (Å²) in [6, 6.07) is 2.00. The number of nitrogens with zero attached hydrogens (tertiary/aromatic N) is 4. The van der Waals surface area contributed by atoms with Crippen molar-refractivity contribution in [3.8, 4) is 0 Å². The van der Waals surface area contributed by atoms with Gasteiger partial charge in [0.2, 0.25) is 0 Å². The molecule has 120 valence electrons. The number of nitrogens with one attached hydrogen (secondary N) is 2. The molecule has 2 N–H and O–H groups in total. The molecule has 0 unspecified atom stereocenters. The molecule has 1 amide bonds. The Bertz CT molecular complexity index is 681. The Morgan fingerprint density at radius 1 is 1.30 bits per heavy atom. The average Bonchev–Trinajstić information content (AvgIpc) is 3.33. The van der Waals surface area contributed by atoms with Crippen LogP contribution >= 0.6 is 0 Å². The maximum atomic E-state index is 12.4. The van der Waals surface area contributed by atoms with Crippen molar-refractivity contribution in [3.63, 3.8) is 0 Å². The minimum atomic E-state index is -0.0980.